The van der Waals surface area contributed by atoms with Crippen LogP contribution in [0.25, 0.3) is 0 Å². The van der Waals surface area contributed by atoms with E-state index in [1.54, 1.807) is 0 Å². The Morgan fingerprint density at radius 2 is 1.42 bits per heavy atom. The molecule has 0 spiro atoms. The van der Waals surface area contributed by atoms with E-state index in [1.807, 2.05) is 0 Å². The smallest absolute Gasteiger partial charge is 0.461 e. The molecule has 0 aliphatic rings. The summed E-state index contributed by atoms with van der Waals surface area (Å²) in [6.45, 7) is 0.0219. The van der Waals surface area contributed by atoms with E-state index < -0.39 is 82.4 Å². The predicted octanol–water partition coefficient (Wildman–Crippen LogP) is 8.52. The summed E-state index contributed by atoms with van der Waals surface area (Å²) in [5.74, 6) is -7.04. The first-order valence-corrected chi connectivity index (χ1v) is 14.4. The Kier molecular flexibility index (Phi) is 11.3. The monoisotopic (exact) mass is 717 g/mol. The number of halogens is 10. The summed E-state index contributed by atoms with van der Waals surface area (Å²) in [6.07, 6.45) is -15.1. The number of nitrogens with one attached hydrogen (secondary N) is 1. The van der Waals surface area contributed by atoms with E-state index in [2.05, 4.69) is 10.1 Å². The molecule has 50 heavy (non-hydrogen) atoms. The second kappa shape index (κ2) is 15.1. The highest BCUT2D eigenvalue weighted by Gasteiger charge is 2.45. The van der Waals surface area contributed by atoms with Gasteiger partial charge in [-0.05, 0) is 77.7 Å². The van der Waals surface area contributed by atoms with E-state index in [9.17, 15) is 49.1 Å². The zero-order valence-electron chi connectivity index (χ0n) is 25.3. The first-order chi connectivity index (χ1) is 23.4. The number of hydrogen-bond donors (Lipinski definition) is 2. The minimum absolute atomic E-state index is 0.0219. The van der Waals surface area contributed by atoms with Crippen LogP contribution in [0.2, 0.25) is 0 Å². The number of hydrogen-bond acceptors (Lipinski definition) is 4. The molecule has 0 aliphatic heterocycles. The molecular weight excluding hydrogens is 692 g/mol. The molecular formula is C34H25F10NO5. The summed E-state index contributed by atoms with van der Waals surface area (Å²) < 4.78 is 147. The molecule has 0 fully saturated rings. The molecule has 0 aromatic heterocycles. The van der Waals surface area contributed by atoms with Crippen molar-refractivity contribution in [2.75, 3.05) is 6.61 Å². The van der Waals surface area contributed by atoms with Crippen LogP contribution in [0.15, 0.2) is 84.9 Å². The van der Waals surface area contributed by atoms with Gasteiger partial charge in [0.25, 0.3) is 5.91 Å². The Hall–Kier alpha value is -5.28. The minimum atomic E-state index is -5.23. The SMILES string of the molecule is O=C(O)CCCOc1ccc(CC(NC(=O)c2ccc(F)c(C(F)(F)F)c2)(c2ccc(F)cc2)c2cc(F)cc(OC(F)(F)C(F)F)c2)cc1. The summed E-state index contributed by atoms with van der Waals surface area (Å²) in [4.78, 5) is 24.5. The number of aliphatic carboxylic acids is 1. The lowest BCUT2D eigenvalue weighted by Crippen LogP contribution is -2.49. The first kappa shape index (κ1) is 37.5. The fourth-order valence-corrected chi connectivity index (χ4v) is 4.94. The summed E-state index contributed by atoms with van der Waals surface area (Å²) in [6, 6.07) is 12.8. The number of alkyl halides is 7. The van der Waals surface area contributed by atoms with Gasteiger partial charge in [-0.25, -0.2) is 13.2 Å². The van der Waals surface area contributed by atoms with Gasteiger partial charge in [0.1, 0.15) is 29.0 Å². The van der Waals surface area contributed by atoms with Crippen LogP contribution in [0.1, 0.15) is 45.5 Å². The Labute approximate surface area is 277 Å². The van der Waals surface area contributed by atoms with Crippen LogP contribution in [0.5, 0.6) is 11.5 Å². The van der Waals surface area contributed by atoms with Crippen molar-refractivity contribution in [1.82, 2.24) is 5.32 Å². The van der Waals surface area contributed by atoms with E-state index in [1.165, 1.54) is 24.3 Å². The van der Waals surface area contributed by atoms with Gasteiger partial charge in [0.15, 0.2) is 0 Å². The summed E-state index contributed by atoms with van der Waals surface area (Å²) in [5.41, 5.74) is -5.00. The molecule has 4 aromatic rings. The zero-order chi connectivity index (χ0) is 36.9. The number of ether oxygens (including phenoxy) is 2. The van der Waals surface area contributed by atoms with Crippen LogP contribution < -0.4 is 14.8 Å². The molecule has 0 heterocycles. The van der Waals surface area contributed by atoms with E-state index in [-0.39, 0.29) is 42.4 Å². The molecule has 1 amide bonds. The van der Waals surface area contributed by atoms with Crippen LogP contribution in [0.4, 0.5) is 43.9 Å². The lowest BCUT2D eigenvalue weighted by atomic mass is 9.77. The third-order valence-corrected chi connectivity index (χ3v) is 7.27. The second-order valence-corrected chi connectivity index (χ2v) is 10.9. The number of benzene rings is 4. The summed E-state index contributed by atoms with van der Waals surface area (Å²) in [7, 11) is 0. The third-order valence-electron chi connectivity index (χ3n) is 7.27. The average Bonchev–Trinajstić information content (AvgIpc) is 3.02. The molecule has 0 radical (unpaired) electrons. The molecule has 4 aromatic carbocycles. The maximum absolute atomic E-state index is 15.1. The largest absolute Gasteiger partial charge is 0.494 e. The fourth-order valence-electron chi connectivity index (χ4n) is 4.94. The first-order valence-electron chi connectivity index (χ1n) is 14.4. The van der Waals surface area contributed by atoms with Gasteiger partial charge in [-0.3, -0.25) is 9.59 Å². The van der Waals surface area contributed by atoms with Crippen molar-refractivity contribution in [3.63, 3.8) is 0 Å². The van der Waals surface area contributed by atoms with Crippen molar-refractivity contribution < 1.29 is 68.1 Å². The number of amides is 1. The van der Waals surface area contributed by atoms with Crippen LogP contribution in [-0.2, 0) is 22.9 Å². The second-order valence-electron chi connectivity index (χ2n) is 10.9. The van der Waals surface area contributed by atoms with Crippen molar-refractivity contribution in [2.45, 2.75) is 43.5 Å². The molecule has 0 saturated heterocycles. The summed E-state index contributed by atoms with van der Waals surface area (Å²) >= 11 is 0. The number of carboxylic acid groups (broad SMARTS) is 1. The Morgan fingerprint density at radius 3 is 2.02 bits per heavy atom. The van der Waals surface area contributed by atoms with Gasteiger partial charge in [-0.15, -0.1) is 0 Å². The minimum Gasteiger partial charge on any atom is -0.494 e. The number of carbonyl (C=O) groups is 2. The van der Waals surface area contributed by atoms with Gasteiger partial charge in [0.2, 0.25) is 0 Å². The van der Waals surface area contributed by atoms with Crippen molar-refractivity contribution >= 4 is 11.9 Å². The third kappa shape index (κ3) is 9.24. The highest BCUT2D eigenvalue weighted by atomic mass is 19.4. The highest BCUT2D eigenvalue weighted by molar-refractivity contribution is 5.95. The molecule has 0 aliphatic carbocycles. The average molecular weight is 718 g/mol. The van der Waals surface area contributed by atoms with Gasteiger partial charge in [0, 0.05) is 24.5 Å². The van der Waals surface area contributed by atoms with Crippen molar-refractivity contribution in [1.29, 1.82) is 0 Å². The topological polar surface area (TPSA) is 84.9 Å². The molecule has 266 valence electrons. The van der Waals surface area contributed by atoms with Crippen molar-refractivity contribution in [3.8, 4) is 11.5 Å². The van der Waals surface area contributed by atoms with E-state index >= 15 is 4.39 Å². The molecule has 4 rings (SSSR count). The van der Waals surface area contributed by atoms with Crippen LogP contribution in [0, 0.1) is 17.5 Å². The van der Waals surface area contributed by atoms with Crippen LogP contribution >= 0.6 is 0 Å². The van der Waals surface area contributed by atoms with Crippen LogP contribution in [-0.4, -0.2) is 36.1 Å². The highest BCUT2D eigenvalue weighted by Crippen LogP contribution is 2.39. The molecule has 6 nitrogen and oxygen atoms in total. The zero-order valence-corrected chi connectivity index (χ0v) is 25.3. The molecule has 2 N–H and O–H groups in total. The Morgan fingerprint density at radius 1 is 0.760 bits per heavy atom. The van der Waals surface area contributed by atoms with E-state index in [4.69, 9.17) is 9.84 Å². The molecule has 0 saturated carbocycles. The Balaban J connectivity index is 1.88. The maximum atomic E-state index is 15.1. The number of carbonyl (C=O) groups excluding carboxylic acids is 1. The van der Waals surface area contributed by atoms with Gasteiger partial charge >= 0.3 is 24.7 Å². The standard InChI is InChI=1S/C34H25F10NO5/c35-23-8-6-21(7-9-23)32(18-19-3-10-25(11-4-19)49-13-1-2-29(46)47,22-15-24(36)17-26(16-22)50-34(43,44)31(38)39)45-30(48)20-5-12-28(37)27(14-20)33(40,41)42/h3-12,14-17,31H,1-2,13,18H2,(H,45,48)(H,46,47). The lowest BCUT2D eigenvalue weighted by Gasteiger charge is -2.37. The number of carboxylic acids is 1. The van der Waals surface area contributed by atoms with Gasteiger partial charge in [-0.2, -0.15) is 30.7 Å². The molecule has 1 unspecified atom stereocenters. The molecule has 16 heteroatoms. The lowest BCUT2D eigenvalue weighted by molar-refractivity contribution is -0.253. The molecule has 0 bridgehead atoms. The number of rotatable bonds is 14. The predicted molar refractivity (Wildman–Crippen MR) is 157 cm³/mol. The Bertz CT molecular complexity index is 1820. The quantitative estimate of drug-likeness (QED) is 0.101. The van der Waals surface area contributed by atoms with E-state index in [0.29, 0.717) is 24.3 Å². The van der Waals surface area contributed by atoms with Crippen molar-refractivity contribution in [3.05, 3.63) is 130 Å². The van der Waals surface area contributed by atoms with Gasteiger partial charge in [0.05, 0.1) is 17.7 Å². The van der Waals surface area contributed by atoms with Gasteiger partial charge in [-0.1, -0.05) is 24.3 Å². The van der Waals surface area contributed by atoms with Crippen LogP contribution in [0.3, 0.4) is 0 Å². The van der Waals surface area contributed by atoms with E-state index in [0.717, 1.165) is 30.3 Å². The van der Waals surface area contributed by atoms with Gasteiger partial charge < -0.3 is 19.9 Å². The maximum Gasteiger partial charge on any atom is 0.461 e. The normalized spacial score (nSPS) is 13.1. The van der Waals surface area contributed by atoms with Crippen molar-refractivity contribution in [2.24, 2.45) is 0 Å². The fraction of sp³-hybridized carbons (Fsp3) is 0.235. The summed E-state index contributed by atoms with van der Waals surface area (Å²) in [5, 5.41) is 11.3. The molecule has 1 atom stereocenters.